The number of nitrogens with zero attached hydrogens (tertiary/aromatic N) is 2. The van der Waals surface area contributed by atoms with E-state index in [1.165, 1.54) is 18.1 Å². The first-order valence-corrected chi connectivity index (χ1v) is 7.11. The fourth-order valence-electron chi connectivity index (χ4n) is 1.97. The molecule has 0 unspecified atom stereocenters. The molecule has 0 saturated heterocycles. The van der Waals surface area contributed by atoms with Crippen LogP contribution in [0.3, 0.4) is 0 Å². The van der Waals surface area contributed by atoms with Gasteiger partial charge in [0.15, 0.2) is 18.1 Å². The third-order valence-corrected chi connectivity index (χ3v) is 3.15. The summed E-state index contributed by atoms with van der Waals surface area (Å²) in [4.78, 5) is 24.3. The van der Waals surface area contributed by atoms with Crippen LogP contribution in [0.2, 0.25) is 0 Å². The zero-order valence-corrected chi connectivity index (χ0v) is 13.4. The van der Waals surface area contributed by atoms with Crippen molar-refractivity contribution in [1.82, 2.24) is 4.90 Å². The van der Waals surface area contributed by atoms with E-state index in [1.807, 2.05) is 19.9 Å². The maximum atomic E-state index is 12.2. The van der Waals surface area contributed by atoms with E-state index >= 15 is 0 Å². The molecule has 0 aliphatic carbocycles. The molecule has 124 valence electrons. The first-order chi connectivity index (χ1) is 10.9. The van der Waals surface area contributed by atoms with E-state index in [0.717, 1.165) is 0 Å². The molecule has 7 nitrogen and oxygen atoms in total. The Morgan fingerprint density at radius 3 is 2.57 bits per heavy atom. The fourth-order valence-corrected chi connectivity index (χ4v) is 1.97. The Kier molecular flexibility index (Phi) is 6.87. The summed E-state index contributed by atoms with van der Waals surface area (Å²) < 4.78 is 10.6. The van der Waals surface area contributed by atoms with Crippen LogP contribution in [0.25, 0.3) is 0 Å². The van der Waals surface area contributed by atoms with Crippen LogP contribution in [0, 0.1) is 11.3 Å². The van der Waals surface area contributed by atoms with Gasteiger partial charge in [-0.25, -0.2) is 0 Å². The number of nitriles is 1. The number of carbonyl (C=O) groups excluding carboxylic acids is 1. The maximum Gasteiger partial charge on any atom is 0.305 e. The normalized spacial score (nSPS) is 10.0. The lowest BCUT2D eigenvalue weighted by Gasteiger charge is -2.26. The van der Waals surface area contributed by atoms with Gasteiger partial charge in [-0.3, -0.25) is 9.59 Å². The topological polar surface area (TPSA) is 99.9 Å². The Hall–Kier alpha value is -2.75. The zero-order chi connectivity index (χ0) is 17.4. The number of carboxylic acids is 1. The molecule has 1 aromatic rings. The van der Waals surface area contributed by atoms with Crippen LogP contribution in [-0.2, 0) is 9.59 Å². The highest BCUT2D eigenvalue weighted by atomic mass is 16.5. The molecule has 0 heterocycles. The number of rotatable bonds is 8. The van der Waals surface area contributed by atoms with Crippen molar-refractivity contribution in [2.24, 2.45) is 0 Å². The second-order valence-corrected chi connectivity index (χ2v) is 5.09. The SMILES string of the molecule is COc1cc(C#N)ccc1OCC(=O)N(CCC(=O)O)C(C)C. The Labute approximate surface area is 135 Å². The molecule has 0 aliphatic rings. The molecule has 0 atom stereocenters. The molecule has 1 aromatic carbocycles. The first kappa shape index (κ1) is 18.3. The minimum Gasteiger partial charge on any atom is -0.493 e. The van der Waals surface area contributed by atoms with E-state index in [0.29, 0.717) is 17.1 Å². The summed E-state index contributed by atoms with van der Waals surface area (Å²) in [5, 5.41) is 17.6. The molecule has 1 N–H and O–H groups in total. The van der Waals surface area contributed by atoms with Gasteiger partial charge in [0.05, 0.1) is 25.2 Å². The number of benzene rings is 1. The van der Waals surface area contributed by atoms with Gasteiger partial charge in [0.25, 0.3) is 5.91 Å². The predicted octanol–water partition coefficient (Wildman–Crippen LogP) is 1.66. The van der Waals surface area contributed by atoms with Gasteiger partial charge in [-0.2, -0.15) is 5.26 Å². The van der Waals surface area contributed by atoms with Gasteiger partial charge in [0.2, 0.25) is 0 Å². The smallest absolute Gasteiger partial charge is 0.305 e. The number of hydrogen-bond donors (Lipinski definition) is 1. The molecule has 0 aliphatic heterocycles. The second kappa shape index (κ2) is 8.63. The lowest BCUT2D eigenvalue weighted by atomic mass is 10.2. The molecule has 0 saturated carbocycles. The number of carbonyl (C=O) groups is 2. The van der Waals surface area contributed by atoms with E-state index in [1.54, 1.807) is 12.1 Å². The molecule has 0 fully saturated rings. The molecule has 0 bridgehead atoms. The lowest BCUT2D eigenvalue weighted by molar-refractivity contribution is -0.139. The Balaban J connectivity index is 2.73. The van der Waals surface area contributed by atoms with Gasteiger partial charge in [-0.1, -0.05) is 0 Å². The third kappa shape index (κ3) is 5.51. The minimum absolute atomic E-state index is 0.121. The average Bonchev–Trinajstić information content (AvgIpc) is 2.52. The summed E-state index contributed by atoms with van der Waals surface area (Å²) in [5.74, 6) is -0.564. The van der Waals surface area contributed by atoms with Crippen molar-refractivity contribution in [3.63, 3.8) is 0 Å². The van der Waals surface area contributed by atoms with Gasteiger partial charge in [-0.15, -0.1) is 0 Å². The van der Waals surface area contributed by atoms with Crippen LogP contribution in [0.15, 0.2) is 18.2 Å². The van der Waals surface area contributed by atoms with Crippen molar-refractivity contribution in [2.75, 3.05) is 20.3 Å². The molecule has 1 rings (SSSR count). The zero-order valence-electron chi connectivity index (χ0n) is 13.4. The quantitative estimate of drug-likeness (QED) is 0.782. The predicted molar refractivity (Wildman–Crippen MR) is 82.3 cm³/mol. The van der Waals surface area contributed by atoms with Crippen LogP contribution in [-0.4, -0.2) is 48.2 Å². The summed E-state index contributed by atoms with van der Waals surface area (Å²) in [7, 11) is 1.44. The van der Waals surface area contributed by atoms with Crippen LogP contribution in [0.4, 0.5) is 0 Å². The van der Waals surface area contributed by atoms with Gasteiger partial charge in [0, 0.05) is 18.7 Å². The van der Waals surface area contributed by atoms with E-state index in [9.17, 15) is 9.59 Å². The van der Waals surface area contributed by atoms with Crippen LogP contribution >= 0.6 is 0 Å². The number of amides is 1. The summed E-state index contributed by atoms with van der Waals surface area (Å²) in [6.07, 6.45) is -0.121. The number of methoxy groups -OCH3 is 1. The van der Waals surface area contributed by atoms with Crippen LogP contribution in [0.1, 0.15) is 25.8 Å². The summed E-state index contributed by atoms with van der Waals surface area (Å²) in [6, 6.07) is 6.49. The molecular formula is C16H20N2O5. The highest BCUT2D eigenvalue weighted by Crippen LogP contribution is 2.27. The lowest BCUT2D eigenvalue weighted by Crippen LogP contribution is -2.41. The highest BCUT2D eigenvalue weighted by molar-refractivity contribution is 5.79. The molecule has 23 heavy (non-hydrogen) atoms. The van der Waals surface area contributed by atoms with Crippen molar-refractivity contribution in [2.45, 2.75) is 26.3 Å². The van der Waals surface area contributed by atoms with Crippen molar-refractivity contribution in [3.8, 4) is 17.6 Å². The number of ether oxygens (including phenoxy) is 2. The average molecular weight is 320 g/mol. The molecule has 0 spiro atoms. The summed E-state index contributed by atoms with van der Waals surface area (Å²) in [5.41, 5.74) is 0.422. The molecule has 0 aromatic heterocycles. The molecule has 7 heteroatoms. The van der Waals surface area contributed by atoms with Gasteiger partial charge >= 0.3 is 5.97 Å². The molecule has 0 radical (unpaired) electrons. The van der Waals surface area contributed by atoms with Crippen molar-refractivity contribution >= 4 is 11.9 Å². The first-order valence-electron chi connectivity index (χ1n) is 7.11. The molecule has 1 amide bonds. The largest absolute Gasteiger partial charge is 0.493 e. The maximum absolute atomic E-state index is 12.2. The number of aliphatic carboxylic acids is 1. The van der Waals surface area contributed by atoms with Crippen molar-refractivity contribution in [3.05, 3.63) is 23.8 Å². The van der Waals surface area contributed by atoms with E-state index < -0.39 is 5.97 Å². The van der Waals surface area contributed by atoms with Gasteiger partial charge in [-0.05, 0) is 26.0 Å². The van der Waals surface area contributed by atoms with Crippen LogP contribution < -0.4 is 9.47 Å². The van der Waals surface area contributed by atoms with Crippen molar-refractivity contribution < 1.29 is 24.2 Å². The Morgan fingerprint density at radius 1 is 1.35 bits per heavy atom. The Morgan fingerprint density at radius 2 is 2.04 bits per heavy atom. The van der Waals surface area contributed by atoms with Gasteiger partial charge in [0.1, 0.15) is 0 Å². The van der Waals surface area contributed by atoms with E-state index in [4.69, 9.17) is 19.8 Å². The van der Waals surface area contributed by atoms with E-state index in [2.05, 4.69) is 0 Å². The number of carboxylic acid groups (broad SMARTS) is 1. The second-order valence-electron chi connectivity index (χ2n) is 5.09. The number of hydrogen-bond acceptors (Lipinski definition) is 5. The molecular weight excluding hydrogens is 300 g/mol. The Bertz CT molecular complexity index is 607. The van der Waals surface area contributed by atoms with E-state index in [-0.39, 0.29) is 31.5 Å². The summed E-state index contributed by atoms with van der Waals surface area (Å²) in [6.45, 7) is 3.50. The standard InChI is InChI=1S/C16H20N2O5/c1-11(2)18(7-6-16(20)21)15(19)10-23-13-5-4-12(9-17)8-14(13)22-3/h4-5,8,11H,6-7,10H2,1-3H3,(H,20,21). The summed E-state index contributed by atoms with van der Waals surface area (Å²) >= 11 is 0. The van der Waals surface area contributed by atoms with Crippen LogP contribution in [0.5, 0.6) is 11.5 Å². The highest BCUT2D eigenvalue weighted by Gasteiger charge is 2.19. The van der Waals surface area contributed by atoms with Gasteiger partial charge < -0.3 is 19.5 Å². The fraction of sp³-hybridized carbons (Fsp3) is 0.438. The monoisotopic (exact) mass is 320 g/mol. The third-order valence-electron chi connectivity index (χ3n) is 3.15. The van der Waals surface area contributed by atoms with Crippen molar-refractivity contribution in [1.29, 1.82) is 5.26 Å². The minimum atomic E-state index is -0.960.